The molecular weight excluding hydrogens is 446 g/mol. The van der Waals surface area contributed by atoms with Crippen LogP contribution in [0.15, 0.2) is 54.6 Å². The van der Waals surface area contributed by atoms with Crippen LogP contribution in [0.25, 0.3) is 0 Å². The van der Waals surface area contributed by atoms with Crippen LogP contribution >= 0.6 is 0 Å². The van der Waals surface area contributed by atoms with Gasteiger partial charge in [0.1, 0.15) is 23.4 Å². The summed E-state index contributed by atoms with van der Waals surface area (Å²) in [4.78, 5) is 40.8. The van der Waals surface area contributed by atoms with Gasteiger partial charge in [0.2, 0.25) is 11.8 Å². The van der Waals surface area contributed by atoms with Gasteiger partial charge in [-0.05, 0) is 49.9 Å². The summed E-state index contributed by atoms with van der Waals surface area (Å²) in [6.45, 7) is 9.32. The van der Waals surface area contributed by atoms with Crippen LogP contribution in [0.1, 0.15) is 58.2 Å². The number of aromatic hydroxyl groups is 1. The Morgan fingerprint density at radius 1 is 1.03 bits per heavy atom. The van der Waals surface area contributed by atoms with E-state index in [4.69, 9.17) is 4.74 Å². The molecule has 0 radical (unpaired) electrons. The van der Waals surface area contributed by atoms with Gasteiger partial charge in [0.15, 0.2) is 0 Å². The van der Waals surface area contributed by atoms with Crippen molar-refractivity contribution in [1.29, 1.82) is 0 Å². The van der Waals surface area contributed by atoms with Crippen molar-refractivity contribution in [3.63, 3.8) is 0 Å². The number of amides is 3. The molecule has 3 unspecified atom stereocenters. The first-order valence-corrected chi connectivity index (χ1v) is 11.8. The fourth-order valence-corrected chi connectivity index (χ4v) is 3.55. The standard InChI is InChI=1S/C27H37N3O5/c1-7-18(2)22(29-26(34)35-27(3,4)5)25(33)30(6)23(20-13-15-21(31)16-14-20)24(32)28-17-19-11-9-8-10-12-19/h8-16,18,22-23,31H,7,17H2,1-6H3,(H,28,32)(H,29,34). The summed E-state index contributed by atoms with van der Waals surface area (Å²) in [5.41, 5.74) is 0.734. The lowest BCUT2D eigenvalue weighted by Gasteiger charge is -2.33. The molecule has 2 rings (SSSR count). The van der Waals surface area contributed by atoms with Gasteiger partial charge in [-0.1, -0.05) is 62.7 Å². The van der Waals surface area contributed by atoms with E-state index in [0.717, 1.165) is 5.56 Å². The Morgan fingerprint density at radius 2 is 1.63 bits per heavy atom. The van der Waals surface area contributed by atoms with E-state index in [2.05, 4.69) is 10.6 Å². The van der Waals surface area contributed by atoms with Gasteiger partial charge in [0.25, 0.3) is 0 Å². The van der Waals surface area contributed by atoms with Crippen molar-refractivity contribution in [3.05, 3.63) is 65.7 Å². The average molecular weight is 484 g/mol. The summed E-state index contributed by atoms with van der Waals surface area (Å²) >= 11 is 0. The average Bonchev–Trinajstić information content (AvgIpc) is 2.81. The van der Waals surface area contributed by atoms with Crippen molar-refractivity contribution in [2.45, 2.75) is 65.3 Å². The van der Waals surface area contributed by atoms with Crippen molar-refractivity contribution < 1.29 is 24.2 Å². The minimum atomic E-state index is -0.973. The quantitative estimate of drug-likeness (QED) is 0.497. The number of nitrogens with zero attached hydrogens (tertiary/aromatic N) is 1. The molecule has 2 aromatic rings. The predicted molar refractivity (Wildman–Crippen MR) is 135 cm³/mol. The van der Waals surface area contributed by atoms with Crippen LogP contribution in [0.5, 0.6) is 5.75 Å². The molecular formula is C27H37N3O5. The Morgan fingerprint density at radius 3 is 2.17 bits per heavy atom. The van der Waals surface area contributed by atoms with Crippen LogP contribution in [0.2, 0.25) is 0 Å². The molecule has 0 aliphatic rings. The number of alkyl carbamates (subject to hydrolysis) is 1. The topological polar surface area (TPSA) is 108 Å². The molecule has 0 aromatic heterocycles. The summed E-state index contributed by atoms with van der Waals surface area (Å²) in [6.07, 6.45) is -0.0660. The van der Waals surface area contributed by atoms with Crippen molar-refractivity contribution in [3.8, 4) is 5.75 Å². The number of ether oxygens (including phenoxy) is 1. The van der Waals surface area contributed by atoms with Crippen LogP contribution in [0.3, 0.4) is 0 Å². The second-order valence-corrected chi connectivity index (χ2v) is 9.66. The number of hydrogen-bond donors (Lipinski definition) is 3. The van der Waals surface area contributed by atoms with Gasteiger partial charge in [0, 0.05) is 13.6 Å². The second kappa shape index (κ2) is 12.2. The van der Waals surface area contributed by atoms with Crippen molar-refractivity contribution in [2.24, 2.45) is 5.92 Å². The summed E-state index contributed by atoms with van der Waals surface area (Å²) in [7, 11) is 1.54. The lowest BCUT2D eigenvalue weighted by atomic mass is 9.96. The zero-order valence-corrected chi connectivity index (χ0v) is 21.4. The minimum Gasteiger partial charge on any atom is -0.508 e. The van der Waals surface area contributed by atoms with Gasteiger partial charge in [-0.25, -0.2) is 4.79 Å². The Bertz CT molecular complexity index is 986. The zero-order valence-electron chi connectivity index (χ0n) is 21.4. The molecule has 3 N–H and O–H groups in total. The predicted octanol–water partition coefficient (Wildman–Crippen LogP) is 4.15. The molecule has 0 spiro atoms. The normalized spacial score (nSPS) is 13.8. The number of phenols is 1. The molecule has 35 heavy (non-hydrogen) atoms. The molecule has 3 atom stereocenters. The number of likely N-dealkylation sites (N-methyl/N-ethyl adjacent to an activating group) is 1. The Hall–Kier alpha value is -3.55. The number of carbonyl (C=O) groups is 3. The molecule has 0 heterocycles. The van der Waals surface area contributed by atoms with E-state index in [1.54, 1.807) is 32.9 Å². The molecule has 0 saturated heterocycles. The van der Waals surface area contributed by atoms with E-state index in [-0.39, 0.29) is 17.6 Å². The number of nitrogens with one attached hydrogen (secondary N) is 2. The van der Waals surface area contributed by atoms with Crippen LogP contribution in [-0.4, -0.2) is 46.6 Å². The van der Waals surface area contributed by atoms with E-state index in [1.807, 2.05) is 44.2 Å². The smallest absolute Gasteiger partial charge is 0.408 e. The third-order valence-corrected chi connectivity index (χ3v) is 5.65. The Balaban J connectivity index is 2.31. The summed E-state index contributed by atoms with van der Waals surface area (Å²) in [6, 6.07) is 13.7. The highest BCUT2D eigenvalue weighted by molar-refractivity contribution is 5.92. The van der Waals surface area contributed by atoms with Gasteiger partial charge in [-0.3, -0.25) is 9.59 Å². The van der Waals surface area contributed by atoms with Crippen molar-refractivity contribution in [2.75, 3.05) is 7.05 Å². The molecule has 8 heteroatoms. The van der Waals surface area contributed by atoms with Crippen molar-refractivity contribution >= 4 is 17.9 Å². The number of rotatable bonds is 9. The first kappa shape index (κ1) is 27.7. The van der Waals surface area contributed by atoms with E-state index in [0.29, 0.717) is 18.5 Å². The Labute approximate surface area is 207 Å². The molecule has 0 aliphatic heterocycles. The molecule has 3 amide bonds. The largest absolute Gasteiger partial charge is 0.508 e. The number of hydrogen-bond acceptors (Lipinski definition) is 5. The number of carbonyl (C=O) groups excluding carboxylic acids is 3. The van der Waals surface area contributed by atoms with E-state index >= 15 is 0 Å². The highest BCUT2D eigenvalue weighted by Crippen LogP contribution is 2.25. The lowest BCUT2D eigenvalue weighted by molar-refractivity contribution is -0.141. The number of phenolic OH excluding ortho intramolecular Hbond substituents is 1. The first-order valence-electron chi connectivity index (χ1n) is 11.8. The maximum absolute atomic E-state index is 13.6. The fourth-order valence-electron chi connectivity index (χ4n) is 3.55. The van der Waals surface area contributed by atoms with Gasteiger partial charge < -0.3 is 25.4 Å². The molecule has 2 aromatic carbocycles. The van der Waals surface area contributed by atoms with E-state index in [9.17, 15) is 19.5 Å². The van der Waals surface area contributed by atoms with Gasteiger partial charge in [0.05, 0.1) is 0 Å². The van der Waals surface area contributed by atoms with Crippen LogP contribution < -0.4 is 10.6 Å². The molecule has 8 nitrogen and oxygen atoms in total. The third kappa shape index (κ3) is 8.31. The fraction of sp³-hybridized carbons (Fsp3) is 0.444. The summed E-state index contributed by atoms with van der Waals surface area (Å²) < 4.78 is 5.36. The maximum atomic E-state index is 13.6. The maximum Gasteiger partial charge on any atom is 0.408 e. The number of benzene rings is 2. The molecule has 0 bridgehead atoms. The van der Waals surface area contributed by atoms with Crippen molar-refractivity contribution in [1.82, 2.24) is 15.5 Å². The SMILES string of the molecule is CCC(C)C(NC(=O)OC(C)(C)C)C(=O)N(C)C(C(=O)NCc1ccccc1)c1ccc(O)cc1. The molecule has 190 valence electrons. The van der Waals surface area contributed by atoms with Gasteiger partial charge in [-0.15, -0.1) is 0 Å². The Kier molecular flexibility index (Phi) is 9.68. The summed E-state index contributed by atoms with van der Waals surface area (Å²) in [5.74, 6) is -0.950. The second-order valence-electron chi connectivity index (χ2n) is 9.66. The summed E-state index contributed by atoms with van der Waals surface area (Å²) in [5, 5.41) is 15.3. The van der Waals surface area contributed by atoms with E-state index < -0.39 is 29.7 Å². The highest BCUT2D eigenvalue weighted by Gasteiger charge is 2.36. The first-order chi connectivity index (χ1) is 16.4. The van der Waals surface area contributed by atoms with Crippen LogP contribution in [-0.2, 0) is 20.9 Å². The minimum absolute atomic E-state index is 0.0512. The molecule has 0 aliphatic carbocycles. The monoisotopic (exact) mass is 483 g/mol. The van der Waals surface area contributed by atoms with Crippen LogP contribution in [0, 0.1) is 5.92 Å². The van der Waals surface area contributed by atoms with Crippen LogP contribution in [0.4, 0.5) is 4.79 Å². The third-order valence-electron chi connectivity index (χ3n) is 5.65. The zero-order chi connectivity index (χ0) is 26.2. The van der Waals surface area contributed by atoms with Gasteiger partial charge in [-0.2, -0.15) is 0 Å². The van der Waals surface area contributed by atoms with E-state index in [1.165, 1.54) is 24.1 Å². The lowest BCUT2D eigenvalue weighted by Crippen LogP contribution is -2.54. The highest BCUT2D eigenvalue weighted by atomic mass is 16.6. The molecule has 0 saturated carbocycles. The van der Waals surface area contributed by atoms with Gasteiger partial charge >= 0.3 is 6.09 Å². The molecule has 0 fully saturated rings.